The maximum absolute atomic E-state index is 5.44. The van der Waals surface area contributed by atoms with Gasteiger partial charge < -0.3 is 14.5 Å². The summed E-state index contributed by atoms with van der Waals surface area (Å²) in [6, 6.07) is 8.49. The van der Waals surface area contributed by atoms with Crippen molar-refractivity contribution < 1.29 is 4.74 Å². The van der Waals surface area contributed by atoms with Gasteiger partial charge >= 0.3 is 0 Å². The number of hydrogen-bond donors (Lipinski definition) is 0. The fraction of sp³-hybridized carbons (Fsp3) is 0.333. The zero-order chi connectivity index (χ0) is 16.5. The summed E-state index contributed by atoms with van der Waals surface area (Å²) < 4.78 is 7.55. The first-order valence-electron chi connectivity index (χ1n) is 8.16. The van der Waals surface area contributed by atoms with E-state index in [4.69, 9.17) is 9.72 Å². The van der Waals surface area contributed by atoms with Crippen molar-refractivity contribution >= 4 is 17.2 Å². The van der Waals surface area contributed by atoms with Crippen LogP contribution in [-0.2, 0) is 4.74 Å². The molecule has 3 heterocycles. The van der Waals surface area contributed by atoms with Gasteiger partial charge in [0, 0.05) is 50.8 Å². The van der Waals surface area contributed by atoms with Gasteiger partial charge in [0.15, 0.2) is 11.5 Å². The first-order chi connectivity index (χ1) is 11.7. The highest BCUT2D eigenvalue weighted by Gasteiger charge is 2.18. The van der Waals surface area contributed by atoms with Crippen molar-refractivity contribution in [2.75, 3.05) is 50.2 Å². The highest BCUT2D eigenvalue weighted by atomic mass is 16.5. The second-order valence-corrected chi connectivity index (χ2v) is 6.13. The van der Waals surface area contributed by atoms with Crippen molar-refractivity contribution in [1.29, 1.82) is 0 Å². The molecule has 2 aromatic heterocycles. The molecule has 1 fully saturated rings. The number of aromatic nitrogens is 3. The Bertz CT molecular complexity index is 834. The van der Waals surface area contributed by atoms with Crippen LogP contribution in [-0.4, -0.2) is 54.8 Å². The molecule has 0 atom stereocenters. The van der Waals surface area contributed by atoms with Crippen LogP contribution in [0.1, 0.15) is 0 Å². The number of morpholine rings is 1. The number of imidazole rings is 1. The molecule has 6 nitrogen and oxygen atoms in total. The van der Waals surface area contributed by atoms with E-state index in [1.54, 1.807) is 0 Å². The highest BCUT2D eigenvalue weighted by molar-refractivity contribution is 5.72. The van der Waals surface area contributed by atoms with Gasteiger partial charge in [-0.15, -0.1) is 0 Å². The second-order valence-electron chi connectivity index (χ2n) is 6.13. The molecular weight excluding hydrogens is 302 g/mol. The Hall–Kier alpha value is -2.60. The third-order valence-corrected chi connectivity index (χ3v) is 4.40. The molecule has 24 heavy (non-hydrogen) atoms. The number of hydrogen-bond acceptors (Lipinski definition) is 5. The van der Waals surface area contributed by atoms with Crippen molar-refractivity contribution in [3.63, 3.8) is 0 Å². The largest absolute Gasteiger partial charge is 0.378 e. The summed E-state index contributed by atoms with van der Waals surface area (Å²) in [5, 5.41) is 0. The number of rotatable bonds is 3. The van der Waals surface area contributed by atoms with E-state index in [1.807, 2.05) is 32.7 Å². The van der Waals surface area contributed by atoms with Crippen LogP contribution in [0.3, 0.4) is 0 Å². The molecule has 0 saturated carbocycles. The van der Waals surface area contributed by atoms with Gasteiger partial charge in [0.25, 0.3) is 0 Å². The molecule has 1 aromatic carbocycles. The SMILES string of the molecule is CN(C)c1ccc(-c2cnc(N3CCOCC3)c3nccn23)cc1. The first kappa shape index (κ1) is 15.0. The van der Waals surface area contributed by atoms with Crippen LogP contribution in [0, 0.1) is 0 Å². The molecular formula is C18H21N5O. The minimum Gasteiger partial charge on any atom is -0.378 e. The van der Waals surface area contributed by atoms with Gasteiger partial charge in [-0.3, -0.25) is 4.40 Å². The smallest absolute Gasteiger partial charge is 0.180 e. The van der Waals surface area contributed by atoms with Crippen LogP contribution in [0.5, 0.6) is 0 Å². The van der Waals surface area contributed by atoms with Gasteiger partial charge in [0.1, 0.15) is 0 Å². The summed E-state index contributed by atoms with van der Waals surface area (Å²) in [6.45, 7) is 3.18. The Morgan fingerprint density at radius 2 is 1.79 bits per heavy atom. The predicted molar refractivity (Wildman–Crippen MR) is 95.8 cm³/mol. The summed E-state index contributed by atoms with van der Waals surface area (Å²) in [5.41, 5.74) is 4.25. The maximum Gasteiger partial charge on any atom is 0.180 e. The number of ether oxygens (including phenoxy) is 1. The molecule has 0 unspecified atom stereocenters. The monoisotopic (exact) mass is 323 g/mol. The number of anilines is 2. The van der Waals surface area contributed by atoms with Crippen molar-refractivity contribution in [3.05, 3.63) is 42.9 Å². The van der Waals surface area contributed by atoms with Crippen LogP contribution in [0.4, 0.5) is 11.5 Å². The summed E-state index contributed by atoms with van der Waals surface area (Å²) in [6.07, 6.45) is 5.76. The molecule has 0 amide bonds. The Morgan fingerprint density at radius 1 is 1.04 bits per heavy atom. The quantitative estimate of drug-likeness (QED) is 0.740. The van der Waals surface area contributed by atoms with E-state index < -0.39 is 0 Å². The summed E-state index contributed by atoms with van der Waals surface area (Å²) >= 11 is 0. The molecule has 1 aliphatic heterocycles. The lowest BCUT2D eigenvalue weighted by Gasteiger charge is -2.28. The molecule has 6 heteroatoms. The maximum atomic E-state index is 5.44. The van der Waals surface area contributed by atoms with Crippen LogP contribution in [0.2, 0.25) is 0 Å². The number of benzene rings is 1. The molecule has 1 saturated heterocycles. The Labute approximate surface area is 141 Å². The van der Waals surface area contributed by atoms with Crippen LogP contribution in [0.25, 0.3) is 16.9 Å². The van der Waals surface area contributed by atoms with Crippen molar-refractivity contribution in [2.45, 2.75) is 0 Å². The van der Waals surface area contributed by atoms with E-state index in [9.17, 15) is 0 Å². The molecule has 0 spiro atoms. The van der Waals surface area contributed by atoms with Gasteiger partial charge in [-0.25, -0.2) is 9.97 Å². The van der Waals surface area contributed by atoms with E-state index in [1.165, 1.54) is 5.69 Å². The topological polar surface area (TPSA) is 45.9 Å². The molecule has 1 aliphatic rings. The Morgan fingerprint density at radius 3 is 2.50 bits per heavy atom. The number of nitrogens with zero attached hydrogens (tertiary/aromatic N) is 5. The van der Waals surface area contributed by atoms with Gasteiger partial charge in [-0.2, -0.15) is 0 Å². The van der Waals surface area contributed by atoms with Gasteiger partial charge in [0.05, 0.1) is 25.1 Å². The summed E-state index contributed by atoms with van der Waals surface area (Å²) in [7, 11) is 4.09. The predicted octanol–water partition coefficient (Wildman–Crippen LogP) is 2.30. The lowest BCUT2D eigenvalue weighted by molar-refractivity contribution is 0.122. The van der Waals surface area contributed by atoms with Gasteiger partial charge in [-0.1, -0.05) is 12.1 Å². The Balaban J connectivity index is 1.76. The third-order valence-electron chi connectivity index (χ3n) is 4.40. The average molecular weight is 323 g/mol. The minimum absolute atomic E-state index is 0.738. The fourth-order valence-electron chi connectivity index (χ4n) is 3.05. The molecule has 0 N–H and O–H groups in total. The summed E-state index contributed by atoms with van der Waals surface area (Å²) in [4.78, 5) is 13.6. The third kappa shape index (κ3) is 2.59. The highest BCUT2D eigenvalue weighted by Crippen LogP contribution is 2.27. The zero-order valence-electron chi connectivity index (χ0n) is 14.0. The molecule has 0 aliphatic carbocycles. The van der Waals surface area contributed by atoms with E-state index in [-0.39, 0.29) is 0 Å². The van der Waals surface area contributed by atoms with Crippen molar-refractivity contribution in [3.8, 4) is 11.3 Å². The zero-order valence-corrected chi connectivity index (χ0v) is 14.0. The molecule has 0 bridgehead atoms. The van der Waals surface area contributed by atoms with Crippen molar-refractivity contribution in [2.24, 2.45) is 0 Å². The van der Waals surface area contributed by atoms with E-state index in [0.717, 1.165) is 49.0 Å². The fourth-order valence-corrected chi connectivity index (χ4v) is 3.05. The van der Waals surface area contributed by atoms with E-state index >= 15 is 0 Å². The van der Waals surface area contributed by atoms with Crippen LogP contribution >= 0.6 is 0 Å². The molecule has 0 radical (unpaired) electrons. The second kappa shape index (κ2) is 6.13. The molecule has 4 rings (SSSR count). The van der Waals surface area contributed by atoms with Crippen LogP contribution < -0.4 is 9.80 Å². The van der Waals surface area contributed by atoms with E-state index in [2.05, 4.69) is 43.4 Å². The molecule has 3 aromatic rings. The Kier molecular flexibility index (Phi) is 3.82. The molecule has 124 valence electrons. The van der Waals surface area contributed by atoms with Gasteiger partial charge in [-0.05, 0) is 12.1 Å². The average Bonchev–Trinajstić information content (AvgIpc) is 3.11. The normalized spacial score (nSPS) is 15.0. The first-order valence-corrected chi connectivity index (χ1v) is 8.16. The van der Waals surface area contributed by atoms with Gasteiger partial charge in [0.2, 0.25) is 0 Å². The standard InChI is InChI=1S/C18H21N5O/c1-21(2)15-5-3-14(4-6-15)16-13-20-17(18-19-7-8-23(16)18)22-9-11-24-12-10-22/h3-8,13H,9-12H2,1-2H3. The lowest BCUT2D eigenvalue weighted by Crippen LogP contribution is -2.37. The summed E-state index contributed by atoms with van der Waals surface area (Å²) in [5.74, 6) is 0.928. The lowest BCUT2D eigenvalue weighted by atomic mass is 10.1. The minimum atomic E-state index is 0.738. The van der Waals surface area contributed by atoms with Crippen LogP contribution in [0.15, 0.2) is 42.9 Å². The van der Waals surface area contributed by atoms with E-state index in [0.29, 0.717) is 0 Å². The van der Waals surface area contributed by atoms with Crippen molar-refractivity contribution in [1.82, 2.24) is 14.4 Å². The number of fused-ring (bicyclic) bond motifs is 1.